The highest BCUT2D eigenvalue weighted by Gasteiger charge is 2.35. The van der Waals surface area contributed by atoms with Crippen LogP contribution in [-0.4, -0.2) is 73.1 Å². The van der Waals surface area contributed by atoms with Gasteiger partial charge in [-0.2, -0.15) is 0 Å². The van der Waals surface area contributed by atoms with Crippen LogP contribution in [0.1, 0.15) is 55.2 Å². The number of thiazole rings is 1. The minimum absolute atomic E-state index is 0.0176. The number of anilines is 1. The maximum Gasteiger partial charge on any atom is 0.223 e. The highest BCUT2D eigenvalue weighted by molar-refractivity contribution is 7.09. The Labute approximate surface area is 258 Å². The predicted molar refractivity (Wildman–Crippen MR) is 168 cm³/mol. The monoisotopic (exact) mass is 606 g/mol. The van der Waals surface area contributed by atoms with E-state index in [4.69, 9.17) is 14.2 Å². The summed E-state index contributed by atoms with van der Waals surface area (Å²) in [4.78, 5) is 38.1. The molecule has 10 heteroatoms. The van der Waals surface area contributed by atoms with Crippen molar-refractivity contribution in [3.05, 3.63) is 64.1 Å². The second kappa shape index (κ2) is 14.2. The van der Waals surface area contributed by atoms with Crippen LogP contribution in [0.3, 0.4) is 0 Å². The number of aryl methyl sites for hydroxylation is 1. The third kappa shape index (κ3) is 6.96. The molecule has 2 bridgehead atoms. The van der Waals surface area contributed by atoms with Crippen molar-refractivity contribution in [3.8, 4) is 17.2 Å². The van der Waals surface area contributed by atoms with Crippen LogP contribution in [0, 0.1) is 0 Å². The molecule has 0 spiro atoms. The number of fused-ring (bicyclic) bond motifs is 3. The number of rotatable bonds is 8. The molecule has 1 aromatic heterocycles. The van der Waals surface area contributed by atoms with E-state index < -0.39 is 0 Å². The van der Waals surface area contributed by atoms with Crippen LogP contribution in [0.25, 0.3) is 0 Å². The van der Waals surface area contributed by atoms with Crippen molar-refractivity contribution in [1.82, 2.24) is 14.8 Å². The molecule has 0 N–H and O–H groups in total. The third-order valence-corrected chi connectivity index (χ3v) is 9.47. The van der Waals surface area contributed by atoms with Gasteiger partial charge in [-0.3, -0.25) is 14.5 Å². The summed E-state index contributed by atoms with van der Waals surface area (Å²) < 4.78 is 16.7. The Bertz CT molecular complexity index is 1400. The molecule has 43 heavy (non-hydrogen) atoms. The number of hydrogen-bond acceptors (Lipinski definition) is 8. The summed E-state index contributed by atoms with van der Waals surface area (Å²) in [5.74, 6) is 1.77. The fourth-order valence-corrected chi connectivity index (χ4v) is 7.20. The molecule has 2 atom stereocenters. The molecular formula is C33H42N4O5S. The Morgan fingerprint density at radius 3 is 2.49 bits per heavy atom. The quantitative estimate of drug-likeness (QED) is 0.344. The van der Waals surface area contributed by atoms with E-state index in [1.807, 2.05) is 57.8 Å². The average molecular weight is 607 g/mol. The molecule has 0 saturated carbocycles. The van der Waals surface area contributed by atoms with Crippen LogP contribution in [0.15, 0.2) is 48.0 Å². The molecular weight excluding hydrogens is 564 g/mol. The van der Waals surface area contributed by atoms with E-state index in [9.17, 15) is 9.59 Å². The Morgan fingerprint density at radius 2 is 1.77 bits per heavy atom. The number of aromatic nitrogens is 1. The maximum atomic E-state index is 14.1. The second-order valence-corrected chi connectivity index (χ2v) is 12.2. The molecule has 1 fully saturated rings. The molecule has 2 aromatic carbocycles. The standard InChI is InChI=1S/C33H42N4O5S/c1-23(38)36-18-16-26-9-7-10-27(37(26)22-30-34-17-19-43-30)21-35(20-25-8-5-6-11-28(25)36)31(39)15-13-24-12-14-29(40-2)33(42-4)32(24)41-3/h5-6,8,11-12,14,17,19,26-27H,7,9-10,13,15-16,18,20-22H2,1-4H3. The Kier molecular flexibility index (Phi) is 10.2. The normalized spacial score (nSPS) is 19.3. The first-order valence-corrected chi connectivity index (χ1v) is 15.9. The van der Waals surface area contributed by atoms with E-state index >= 15 is 0 Å². The summed E-state index contributed by atoms with van der Waals surface area (Å²) in [6.45, 7) is 4.09. The summed E-state index contributed by atoms with van der Waals surface area (Å²) in [5, 5.41) is 3.10. The minimum atomic E-state index is 0.0176. The van der Waals surface area contributed by atoms with Crippen LogP contribution in [0.5, 0.6) is 17.2 Å². The van der Waals surface area contributed by atoms with E-state index in [1.165, 1.54) is 0 Å². The molecule has 2 amide bonds. The molecule has 1 saturated heterocycles. The zero-order chi connectivity index (χ0) is 30.3. The van der Waals surface area contributed by atoms with Gasteiger partial charge in [0.05, 0.1) is 27.9 Å². The van der Waals surface area contributed by atoms with Gasteiger partial charge in [0.15, 0.2) is 11.5 Å². The van der Waals surface area contributed by atoms with Crippen LogP contribution in [-0.2, 0) is 29.1 Å². The number of carbonyl (C=O) groups excluding carboxylic acids is 2. The molecule has 0 aliphatic carbocycles. The number of piperidine rings is 1. The Hall–Kier alpha value is -3.63. The molecule has 2 unspecified atom stereocenters. The van der Waals surface area contributed by atoms with Gasteiger partial charge in [0.25, 0.3) is 0 Å². The van der Waals surface area contributed by atoms with Crippen LogP contribution >= 0.6 is 11.3 Å². The largest absolute Gasteiger partial charge is 0.493 e. The molecule has 3 heterocycles. The first-order valence-electron chi connectivity index (χ1n) is 15.0. The van der Waals surface area contributed by atoms with Crippen LogP contribution in [0.4, 0.5) is 5.69 Å². The molecule has 0 radical (unpaired) electrons. The van der Waals surface area contributed by atoms with Gasteiger partial charge in [0.1, 0.15) is 5.01 Å². The van der Waals surface area contributed by atoms with Crippen molar-refractivity contribution in [2.75, 3.05) is 39.3 Å². The van der Waals surface area contributed by atoms with Crippen LogP contribution in [0.2, 0.25) is 0 Å². The van der Waals surface area contributed by atoms with Gasteiger partial charge < -0.3 is 24.0 Å². The topological polar surface area (TPSA) is 84.4 Å². The predicted octanol–water partition coefficient (Wildman–Crippen LogP) is 5.31. The van der Waals surface area contributed by atoms with E-state index in [0.717, 1.165) is 54.0 Å². The van der Waals surface area contributed by atoms with Gasteiger partial charge in [-0.05, 0) is 48.9 Å². The summed E-state index contributed by atoms with van der Waals surface area (Å²) in [5.41, 5.74) is 2.76. The lowest BCUT2D eigenvalue weighted by atomic mass is 9.92. The van der Waals surface area contributed by atoms with Crippen molar-refractivity contribution >= 4 is 28.8 Å². The lowest BCUT2D eigenvalue weighted by Gasteiger charge is -2.43. The lowest BCUT2D eigenvalue weighted by Crippen LogP contribution is -2.52. The molecule has 9 nitrogen and oxygen atoms in total. The highest BCUT2D eigenvalue weighted by atomic mass is 32.1. The van der Waals surface area contributed by atoms with Crippen molar-refractivity contribution in [1.29, 1.82) is 0 Å². The SMILES string of the molecule is COc1ccc(CCC(=O)N2Cc3ccccc3N(C(C)=O)CCC3CCCC(C2)N3Cc2nccs2)c(OC)c1OC. The molecule has 2 aliphatic heterocycles. The smallest absolute Gasteiger partial charge is 0.223 e. The average Bonchev–Trinajstić information content (AvgIpc) is 3.53. The summed E-state index contributed by atoms with van der Waals surface area (Å²) >= 11 is 1.67. The highest BCUT2D eigenvalue weighted by Crippen LogP contribution is 2.40. The van der Waals surface area contributed by atoms with Crippen molar-refractivity contribution in [2.24, 2.45) is 0 Å². The second-order valence-electron chi connectivity index (χ2n) is 11.2. The van der Waals surface area contributed by atoms with Crippen molar-refractivity contribution in [2.45, 2.75) is 70.6 Å². The maximum absolute atomic E-state index is 14.1. The van der Waals surface area contributed by atoms with E-state index in [2.05, 4.69) is 9.88 Å². The molecule has 2 aliphatic rings. The lowest BCUT2D eigenvalue weighted by molar-refractivity contribution is -0.133. The summed E-state index contributed by atoms with van der Waals surface area (Å²) in [6, 6.07) is 12.3. The molecule has 230 valence electrons. The molecule has 3 aromatic rings. The first kappa shape index (κ1) is 30.8. The van der Waals surface area contributed by atoms with Crippen LogP contribution < -0.4 is 19.1 Å². The Morgan fingerprint density at radius 1 is 0.977 bits per heavy atom. The van der Waals surface area contributed by atoms with Gasteiger partial charge >= 0.3 is 0 Å². The minimum Gasteiger partial charge on any atom is -0.493 e. The van der Waals surface area contributed by atoms with E-state index in [0.29, 0.717) is 55.8 Å². The van der Waals surface area contributed by atoms with Gasteiger partial charge in [-0.1, -0.05) is 30.7 Å². The zero-order valence-electron chi connectivity index (χ0n) is 25.6. The van der Waals surface area contributed by atoms with Crippen molar-refractivity contribution < 1.29 is 23.8 Å². The van der Waals surface area contributed by atoms with E-state index in [1.54, 1.807) is 39.6 Å². The first-order chi connectivity index (χ1) is 20.9. The van der Waals surface area contributed by atoms with Crippen molar-refractivity contribution in [3.63, 3.8) is 0 Å². The fraction of sp³-hybridized carbons (Fsp3) is 0.485. The fourth-order valence-electron chi connectivity index (χ4n) is 6.58. The van der Waals surface area contributed by atoms with Gasteiger partial charge in [0.2, 0.25) is 17.6 Å². The molecule has 5 rings (SSSR count). The summed E-state index contributed by atoms with van der Waals surface area (Å²) in [7, 11) is 4.78. The number of nitrogens with zero attached hydrogens (tertiary/aromatic N) is 4. The Balaban J connectivity index is 1.47. The zero-order valence-corrected chi connectivity index (χ0v) is 26.4. The van der Waals surface area contributed by atoms with Gasteiger partial charge in [0, 0.05) is 62.3 Å². The van der Waals surface area contributed by atoms with Gasteiger partial charge in [-0.25, -0.2) is 4.98 Å². The third-order valence-electron chi connectivity index (χ3n) is 8.70. The number of para-hydroxylation sites is 1. The van der Waals surface area contributed by atoms with Gasteiger partial charge in [-0.15, -0.1) is 11.3 Å². The number of methoxy groups -OCH3 is 3. The van der Waals surface area contributed by atoms with E-state index in [-0.39, 0.29) is 17.9 Å². The number of benzene rings is 2. The number of hydrogen-bond donors (Lipinski definition) is 0. The number of ether oxygens (including phenoxy) is 3. The number of carbonyl (C=O) groups is 2. The number of amides is 2. The summed E-state index contributed by atoms with van der Waals surface area (Å²) in [6.07, 6.45) is 6.73.